The maximum Gasteiger partial charge on any atom is 0.407 e. The first-order valence-electron chi connectivity index (χ1n) is 10.3. The largest absolute Gasteiger partial charge is 0.465 e. The van der Waals surface area contributed by atoms with Gasteiger partial charge >= 0.3 is 6.09 Å². The van der Waals surface area contributed by atoms with Crippen molar-refractivity contribution < 1.29 is 24.0 Å². The van der Waals surface area contributed by atoms with Crippen LogP contribution in [0.4, 0.5) is 9.18 Å². The van der Waals surface area contributed by atoms with Crippen LogP contribution >= 0.6 is 10.9 Å². The number of hydrogen-bond donors (Lipinski definition) is 3. The van der Waals surface area contributed by atoms with Gasteiger partial charge in [0, 0.05) is 30.9 Å². The fourth-order valence-electron chi connectivity index (χ4n) is 4.08. The lowest BCUT2D eigenvalue weighted by Crippen LogP contribution is -2.27. The van der Waals surface area contributed by atoms with Gasteiger partial charge in [0.1, 0.15) is 5.03 Å². The fraction of sp³-hybridized carbons (Fsp3) is 0.200. The van der Waals surface area contributed by atoms with Crippen LogP contribution < -0.4 is 5.73 Å². The van der Waals surface area contributed by atoms with Gasteiger partial charge in [-0.25, -0.2) is 24.4 Å². The Morgan fingerprint density at radius 1 is 1.26 bits per heavy atom. The van der Waals surface area contributed by atoms with Crippen LogP contribution in [-0.2, 0) is 4.79 Å². The zero-order chi connectivity index (χ0) is 24.9. The minimum atomic E-state index is -2.03. The molecule has 5 heterocycles. The molecule has 1 saturated heterocycles. The molecule has 0 saturated carbocycles. The molecule has 0 bridgehead atoms. The lowest BCUT2D eigenvalue weighted by molar-refractivity contribution is -0.410. The molecule has 3 aromatic rings. The summed E-state index contributed by atoms with van der Waals surface area (Å²) < 4.78 is 15.0. The number of carboxylic acid groups (broad SMARTS) is 1. The van der Waals surface area contributed by atoms with E-state index < -0.39 is 33.8 Å². The van der Waals surface area contributed by atoms with Gasteiger partial charge in [-0.3, -0.25) is 14.9 Å². The Kier molecular flexibility index (Phi) is 5.39. The molecule has 2 aliphatic rings. The van der Waals surface area contributed by atoms with Gasteiger partial charge in [0.05, 0.1) is 27.5 Å². The molecule has 15 heteroatoms. The number of allylic oxidation sites excluding steroid dienone is 2. The average Bonchev–Trinajstić information content (AvgIpc) is 3.56. The van der Waals surface area contributed by atoms with E-state index in [2.05, 4.69) is 20.1 Å². The van der Waals surface area contributed by atoms with Crippen molar-refractivity contribution in [2.45, 2.75) is 17.5 Å². The van der Waals surface area contributed by atoms with Gasteiger partial charge in [0.2, 0.25) is 5.95 Å². The third-order valence-corrected chi connectivity index (χ3v) is 8.10. The summed E-state index contributed by atoms with van der Waals surface area (Å²) in [6, 6.07) is 2.20. The highest BCUT2D eigenvalue weighted by atomic mass is 32.2. The second-order valence-electron chi connectivity index (χ2n) is 7.77. The van der Waals surface area contributed by atoms with Crippen LogP contribution in [0, 0.1) is 16.1 Å². The van der Waals surface area contributed by atoms with E-state index in [0.717, 1.165) is 6.07 Å². The number of carbonyl (C=O) groups excluding carboxylic acids is 1. The normalized spacial score (nSPS) is 20.7. The maximum atomic E-state index is 13.4. The minimum Gasteiger partial charge on any atom is -0.465 e. The molecule has 3 N–H and O–H groups in total. The van der Waals surface area contributed by atoms with Crippen LogP contribution in [0.1, 0.15) is 12.5 Å². The van der Waals surface area contributed by atoms with E-state index in [4.69, 9.17) is 5.73 Å². The Labute approximate surface area is 198 Å². The molecule has 2 atom stereocenters. The lowest BCUT2D eigenvalue weighted by Gasteiger charge is -2.18. The topological polar surface area (TPSA) is 183 Å². The fourth-order valence-corrected chi connectivity index (χ4v) is 6.20. The van der Waals surface area contributed by atoms with Crippen LogP contribution in [0.25, 0.3) is 22.4 Å². The molecule has 5 rings (SSSR count). The lowest BCUT2D eigenvalue weighted by atomic mass is 10.2. The molecule has 2 aliphatic heterocycles. The number of rotatable bonds is 5. The summed E-state index contributed by atoms with van der Waals surface area (Å²) in [6.45, 7) is 0.490. The van der Waals surface area contributed by atoms with E-state index in [1.165, 1.54) is 35.5 Å². The molecular formula is C20H17FN8O5S. The molecule has 13 nitrogen and oxygen atoms in total. The van der Waals surface area contributed by atoms with E-state index in [1.54, 1.807) is 4.68 Å². The number of fused-ring (bicyclic) bond motifs is 1. The smallest absolute Gasteiger partial charge is 0.407 e. The van der Waals surface area contributed by atoms with E-state index in [0.29, 0.717) is 29.6 Å². The third-order valence-electron chi connectivity index (χ3n) is 5.71. The monoisotopic (exact) mass is 500 g/mol. The van der Waals surface area contributed by atoms with Crippen LogP contribution in [0.5, 0.6) is 0 Å². The highest BCUT2D eigenvalue weighted by Crippen LogP contribution is 2.55. The third kappa shape index (κ3) is 3.84. The average molecular weight is 500 g/mol. The van der Waals surface area contributed by atoms with Gasteiger partial charge in [0.25, 0.3) is 10.9 Å². The minimum absolute atomic E-state index is 0.0422. The number of nitrogens with two attached hydrogens (primary N) is 1. The number of halogens is 1. The number of likely N-dealkylation sites (tertiary alicyclic amines) is 1. The highest BCUT2D eigenvalue weighted by Gasteiger charge is 2.37. The molecule has 1 unspecified atom stereocenters. The predicted molar refractivity (Wildman–Crippen MR) is 121 cm³/mol. The van der Waals surface area contributed by atoms with Crippen LogP contribution in [0.15, 0.2) is 51.6 Å². The number of aromatic nitrogens is 5. The Hall–Kier alpha value is -4.40. The van der Waals surface area contributed by atoms with Crippen LogP contribution in [0.3, 0.4) is 0 Å². The summed E-state index contributed by atoms with van der Waals surface area (Å²) in [7, 11) is -2.03. The van der Waals surface area contributed by atoms with Crippen molar-refractivity contribution >= 4 is 33.9 Å². The summed E-state index contributed by atoms with van der Waals surface area (Å²) in [4.78, 5) is 48.8. The number of hydrogen-bond acceptors (Lipinski definition) is 8. The first-order chi connectivity index (χ1) is 16.7. The van der Waals surface area contributed by atoms with Crippen molar-refractivity contribution in [1.29, 1.82) is 0 Å². The molecule has 0 aromatic carbocycles. The Balaban J connectivity index is 1.72. The van der Waals surface area contributed by atoms with E-state index >= 15 is 0 Å². The Bertz CT molecular complexity index is 1420. The molecule has 0 radical (unpaired) electrons. The van der Waals surface area contributed by atoms with Gasteiger partial charge < -0.3 is 15.7 Å². The standard InChI is InChI=1S/C20H17FN8O5S/c21-14-3-1-10(7-23-14)17-25-18-12(8-24-28(18)11-5-6-27(9-11)20(31)32)19(26-17)35-13(16(22)30)2-4-15(35)29(33)34/h1-4,7-8,11,35H,5-6,9H2,(H2,22,30)(H,31,32)/t11-/m0/s1. The summed E-state index contributed by atoms with van der Waals surface area (Å²) in [5.74, 6) is -1.44. The summed E-state index contributed by atoms with van der Waals surface area (Å²) in [5, 5.41) is 25.8. The number of amides is 2. The number of pyridine rings is 1. The quantitative estimate of drug-likeness (QED) is 0.155. The first kappa shape index (κ1) is 22.4. The Morgan fingerprint density at radius 3 is 2.69 bits per heavy atom. The number of carbonyl (C=O) groups is 2. The summed E-state index contributed by atoms with van der Waals surface area (Å²) >= 11 is 0. The summed E-state index contributed by atoms with van der Waals surface area (Å²) in [5.41, 5.74) is 6.16. The zero-order valence-electron chi connectivity index (χ0n) is 17.8. The number of primary amides is 1. The number of nitrogens with zero attached hydrogens (tertiary/aromatic N) is 7. The molecule has 35 heavy (non-hydrogen) atoms. The molecule has 0 aliphatic carbocycles. The number of thiol groups is 1. The van der Waals surface area contributed by atoms with Gasteiger partial charge in [-0.1, -0.05) is 10.9 Å². The molecule has 1 fully saturated rings. The molecule has 3 aromatic heterocycles. The van der Waals surface area contributed by atoms with Crippen molar-refractivity contribution in [3.63, 3.8) is 0 Å². The maximum absolute atomic E-state index is 13.4. The van der Waals surface area contributed by atoms with Gasteiger partial charge in [-0.2, -0.15) is 9.49 Å². The first-order valence-corrected chi connectivity index (χ1v) is 11.6. The molecule has 2 amide bonds. The van der Waals surface area contributed by atoms with Gasteiger partial charge in [0.15, 0.2) is 11.5 Å². The van der Waals surface area contributed by atoms with Gasteiger partial charge in [-0.05, 0) is 24.6 Å². The van der Waals surface area contributed by atoms with Crippen molar-refractivity contribution in [2.75, 3.05) is 13.1 Å². The zero-order valence-corrected chi connectivity index (χ0v) is 18.7. The van der Waals surface area contributed by atoms with Gasteiger partial charge in [-0.15, -0.1) is 0 Å². The van der Waals surface area contributed by atoms with E-state index in [9.17, 15) is 29.2 Å². The molecular weight excluding hydrogens is 483 g/mol. The van der Waals surface area contributed by atoms with Crippen molar-refractivity contribution in [3.8, 4) is 11.4 Å². The van der Waals surface area contributed by atoms with Crippen molar-refractivity contribution in [2.24, 2.45) is 5.73 Å². The van der Waals surface area contributed by atoms with Crippen LogP contribution in [-0.4, -0.2) is 64.8 Å². The number of nitro groups is 1. The highest BCUT2D eigenvalue weighted by molar-refractivity contribution is 8.24. The van der Waals surface area contributed by atoms with Crippen molar-refractivity contribution in [3.05, 3.63) is 62.7 Å². The van der Waals surface area contributed by atoms with Crippen LogP contribution in [0.2, 0.25) is 0 Å². The second kappa shape index (κ2) is 8.43. The van der Waals surface area contributed by atoms with E-state index in [-0.39, 0.29) is 33.4 Å². The molecule has 180 valence electrons. The van der Waals surface area contributed by atoms with E-state index in [1.807, 2.05) is 0 Å². The Morgan fingerprint density at radius 2 is 2.06 bits per heavy atom. The SMILES string of the molecule is NC(=O)C1=CC=C([N+](=O)[O-])[SH]1c1nc(-c2ccc(F)nc2)nc2c1cnn2[C@H]1CCN(C(=O)O)C1. The summed E-state index contributed by atoms with van der Waals surface area (Å²) in [6.07, 6.45) is 4.63. The second-order valence-corrected chi connectivity index (χ2v) is 9.81. The molecule has 0 spiro atoms. The van der Waals surface area contributed by atoms with Crippen molar-refractivity contribution in [1.82, 2.24) is 29.6 Å². The predicted octanol–water partition coefficient (Wildman–Crippen LogP) is 1.81.